The van der Waals surface area contributed by atoms with Gasteiger partial charge in [-0.25, -0.2) is 8.42 Å². The largest absolute Gasteiger partial charge is 0.506 e. The van der Waals surface area contributed by atoms with Gasteiger partial charge in [-0.2, -0.15) is 0 Å². The first-order chi connectivity index (χ1) is 10.1. The van der Waals surface area contributed by atoms with Gasteiger partial charge < -0.3 is 15.2 Å². The number of halogens is 1. The standard InChI is InChI=1S/C15H26N2O4S.ClH/c1-10(2)16-9-15(21-11(3)4)12-6-7-14(18)13(8-12)17-22(5,19)20;/h6-8,10-11,15-18H,9H2,1-5H3;1H. The van der Waals surface area contributed by atoms with Crippen molar-refractivity contribution in [2.24, 2.45) is 0 Å². The average Bonchev–Trinajstić information content (AvgIpc) is 2.35. The number of phenols is 1. The molecule has 0 radical (unpaired) electrons. The highest BCUT2D eigenvalue weighted by molar-refractivity contribution is 7.92. The van der Waals surface area contributed by atoms with Crippen molar-refractivity contribution < 1.29 is 18.3 Å². The van der Waals surface area contributed by atoms with Gasteiger partial charge in [-0.3, -0.25) is 4.72 Å². The van der Waals surface area contributed by atoms with Gasteiger partial charge in [-0.1, -0.05) is 19.9 Å². The van der Waals surface area contributed by atoms with Crippen LogP contribution in [0.2, 0.25) is 0 Å². The molecule has 0 heterocycles. The Kier molecular flexibility index (Phi) is 8.90. The molecule has 0 aromatic heterocycles. The van der Waals surface area contributed by atoms with Crippen LogP contribution < -0.4 is 10.0 Å². The molecule has 1 aromatic rings. The molecule has 1 unspecified atom stereocenters. The van der Waals surface area contributed by atoms with Gasteiger partial charge in [-0.05, 0) is 31.5 Å². The summed E-state index contributed by atoms with van der Waals surface area (Å²) in [7, 11) is -3.46. The number of rotatable bonds is 8. The van der Waals surface area contributed by atoms with E-state index in [0.29, 0.717) is 12.6 Å². The van der Waals surface area contributed by atoms with Crippen molar-refractivity contribution in [2.45, 2.75) is 45.9 Å². The van der Waals surface area contributed by atoms with Crippen molar-refractivity contribution in [1.29, 1.82) is 0 Å². The van der Waals surface area contributed by atoms with Gasteiger partial charge in [0, 0.05) is 12.6 Å². The zero-order valence-corrected chi connectivity index (χ0v) is 15.8. The van der Waals surface area contributed by atoms with Crippen molar-refractivity contribution in [3.8, 4) is 5.75 Å². The van der Waals surface area contributed by atoms with E-state index in [2.05, 4.69) is 10.0 Å². The van der Waals surface area contributed by atoms with Gasteiger partial charge in [-0.15, -0.1) is 12.4 Å². The highest BCUT2D eigenvalue weighted by Gasteiger charge is 2.17. The molecule has 1 atom stereocenters. The molecule has 23 heavy (non-hydrogen) atoms. The third-order valence-electron chi connectivity index (χ3n) is 2.84. The smallest absolute Gasteiger partial charge is 0.229 e. The predicted octanol–water partition coefficient (Wildman–Crippen LogP) is 2.65. The number of sulfonamides is 1. The van der Waals surface area contributed by atoms with Crippen molar-refractivity contribution in [3.63, 3.8) is 0 Å². The maximum atomic E-state index is 11.4. The maximum Gasteiger partial charge on any atom is 0.229 e. The van der Waals surface area contributed by atoms with Crippen LogP contribution in [0.5, 0.6) is 5.75 Å². The number of hydrogen-bond donors (Lipinski definition) is 3. The van der Waals surface area contributed by atoms with Gasteiger partial charge in [0.2, 0.25) is 10.0 Å². The summed E-state index contributed by atoms with van der Waals surface area (Å²) >= 11 is 0. The van der Waals surface area contributed by atoms with Crippen LogP contribution in [-0.4, -0.2) is 38.5 Å². The van der Waals surface area contributed by atoms with E-state index in [9.17, 15) is 13.5 Å². The molecule has 0 saturated carbocycles. The number of benzene rings is 1. The van der Waals surface area contributed by atoms with E-state index in [1.807, 2.05) is 27.7 Å². The third-order valence-corrected chi connectivity index (χ3v) is 3.43. The molecule has 134 valence electrons. The third kappa shape index (κ3) is 8.41. The van der Waals surface area contributed by atoms with Gasteiger partial charge in [0.25, 0.3) is 0 Å². The summed E-state index contributed by atoms with van der Waals surface area (Å²) in [5.74, 6) is -0.116. The minimum absolute atomic E-state index is 0. The summed E-state index contributed by atoms with van der Waals surface area (Å²) in [6.07, 6.45) is 0.837. The van der Waals surface area contributed by atoms with Crippen LogP contribution in [0.25, 0.3) is 0 Å². The van der Waals surface area contributed by atoms with Crippen molar-refractivity contribution in [2.75, 3.05) is 17.5 Å². The molecule has 0 spiro atoms. The van der Waals surface area contributed by atoms with E-state index >= 15 is 0 Å². The Hall–Kier alpha value is -1.02. The van der Waals surface area contributed by atoms with Gasteiger partial charge in [0.15, 0.2) is 0 Å². The minimum atomic E-state index is -3.46. The molecular formula is C15H27ClN2O4S. The quantitative estimate of drug-likeness (QED) is 0.615. The topological polar surface area (TPSA) is 87.7 Å². The lowest BCUT2D eigenvalue weighted by Gasteiger charge is -2.23. The molecule has 0 fully saturated rings. The summed E-state index contributed by atoms with van der Waals surface area (Å²) in [5.41, 5.74) is 0.952. The molecule has 0 aliphatic carbocycles. The molecule has 3 N–H and O–H groups in total. The second-order valence-electron chi connectivity index (χ2n) is 5.89. The Labute approximate surface area is 145 Å². The van der Waals surface area contributed by atoms with Crippen molar-refractivity contribution in [1.82, 2.24) is 5.32 Å². The molecule has 0 saturated heterocycles. The second-order valence-corrected chi connectivity index (χ2v) is 7.64. The normalized spacial score (nSPS) is 13.0. The number of aromatic hydroxyl groups is 1. The van der Waals surface area contributed by atoms with Crippen LogP contribution in [0.15, 0.2) is 18.2 Å². The van der Waals surface area contributed by atoms with E-state index in [-0.39, 0.29) is 36.1 Å². The van der Waals surface area contributed by atoms with Crippen LogP contribution in [-0.2, 0) is 14.8 Å². The molecule has 0 bridgehead atoms. The molecule has 0 amide bonds. The fourth-order valence-corrected chi connectivity index (χ4v) is 2.51. The first kappa shape index (κ1) is 22.0. The average molecular weight is 367 g/mol. The van der Waals surface area contributed by atoms with Crippen LogP contribution in [0.4, 0.5) is 5.69 Å². The summed E-state index contributed by atoms with van der Waals surface area (Å²) in [6.45, 7) is 8.57. The minimum Gasteiger partial charge on any atom is -0.506 e. The van der Waals surface area contributed by atoms with E-state index in [0.717, 1.165) is 11.8 Å². The molecule has 8 heteroatoms. The van der Waals surface area contributed by atoms with Gasteiger partial charge in [0.05, 0.1) is 24.2 Å². The Morgan fingerprint density at radius 2 is 1.83 bits per heavy atom. The van der Waals surface area contributed by atoms with Crippen LogP contribution in [0, 0.1) is 0 Å². The number of ether oxygens (including phenoxy) is 1. The van der Waals surface area contributed by atoms with E-state index in [4.69, 9.17) is 4.74 Å². The lowest BCUT2D eigenvalue weighted by atomic mass is 10.1. The fraction of sp³-hybridized carbons (Fsp3) is 0.600. The number of hydrogen-bond acceptors (Lipinski definition) is 5. The zero-order valence-electron chi connectivity index (χ0n) is 14.2. The number of phenolic OH excluding ortho intramolecular Hbond substituents is 1. The molecule has 1 rings (SSSR count). The molecular weight excluding hydrogens is 340 g/mol. The highest BCUT2D eigenvalue weighted by Crippen LogP contribution is 2.29. The Morgan fingerprint density at radius 1 is 1.22 bits per heavy atom. The predicted molar refractivity (Wildman–Crippen MR) is 95.9 cm³/mol. The highest BCUT2D eigenvalue weighted by atomic mass is 35.5. The number of anilines is 1. The second kappa shape index (κ2) is 9.32. The van der Waals surface area contributed by atoms with Crippen LogP contribution in [0.1, 0.15) is 39.4 Å². The van der Waals surface area contributed by atoms with Gasteiger partial charge >= 0.3 is 0 Å². The number of nitrogens with one attached hydrogen (secondary N) is 2. The Bertz CT molecular complexity index is 591. The molecule has 0 aliphatic heterocycles. The Balaban J connectivity index is 0.00000484. The Morgan fingerprint density at radius 3 is 2.30 bits per heavy atom. The van der Waals surface area contributed by atoms with Crippen molar-refractivity contribution in [3.05, 3.63) is 23.8 Å². The molecule has 6 nitrogen and oxygen atoms in total. The molecule has 0 aliphatic rings. The SMILES string of the molecule is CC(C)NCC(OC(C)C)c1ccc(O)c(NS(C)(=O)=O)c1.Cl. The lowest BCUT2D eigenvalue weighted by Crippen LogP contribution is -2.30. The van der Waals surface area contributed by atoms with Crippen LogP contribution in [0.3, 0.4) is 0 Å². The summed E-state index contributed by atoms with van der Waals surface area (Å²) in [5, 5.41) is 13.1. The summed E-state index contributed by atoms with van der Waals surface area (Å²) in [4.78, 5) is 0. The summed E-state index contributed by atoms with van der Waals surface area (Å²) in [6, 6.07) is 5.11. The first-order valence-corrected chi connectivity index (χ1v) is 9.17. The molecule has 1 aromatic carbocycles. The van der Waals surface area contributed by atoms with E-state index < -0.39 is 10.0 Å². The van der Waals surface area contributed by atoms with Gasteiger partial charge in [0.1, 0.15) is 5.75 Å². The zero-order chi connectivity index (χ0) is 16.9. The van der Waals surface area contributed by atoms with Crippen molar-refractivity contribution >= 4 is 28.1 Å². The lowest BCUT2D eigenvalue weighted by molar-refractivity contribution is 0.00619. The monoisotopic (exact) mass is 366 g/mol. The summed E-state index contributed by atoms with van der Waals surface area (Å²) < 4.78 is 30.9. The first-order valence-electron chi connectivity index (χ1n) is 7.28. The van der Waals surface area contributed by atoms with E-state index in [1.165, 1.54) is 6.07 Å². The van der Waals surface area contributed by atoms with Crippen LogP contribution >= 0.6 is 12.4 Å². The maximum absolute atomic E-state index is 11.4. The fourth-order valence-electron chi connectivity index (χ4n) is 1.95. The van der Waals surface area contributed by atoms with E-state index in [1.54, 1.807) is 12.1 Å².